The number of rotatable bonds is 5. The molecule has 1 nitrogen and oxygen atoms in total. The average molecular weight is 217 g/mol. The van der Waals surface area contributed by atoms with Gasteiger partial charge < -0.3 is 0 Å². The van der Waals surface area contributed by atoms with Gasteiger partial charge in [0.25, 0.3) is 0 Å². The van der Waals surface area contributed by atoms with Crippen LogP contribution in [0.2, 0.25) is 0 Å². The minimum atomic E-state index is 0.548. The van der Waals surface area contributed by atoms with E-state index in [-0.39, 0.29) is 0 Å². The molecule has 0 bridgehead atoms. The van der Waals surface area contributed by atoms with Crippen molar-refractivity contribution in [2.75, 3.05) is 0 Å². The third-order valence-electron chi connectivity index (χ3n) is 3.43. The molecule has 0 radical (unpaired) electrons. The van der Waals surface area contributed by atoms with E-state index in [1.165, 1.54) is 37.0 Å². The predicted molar refractivity (Wildman–Crippen MR) is 71.4 cm³/mol. The first-order chi connectivity index (χ1) is 7.60. The number of allylic oxidation sites excluding steroid dienone is 2. The molecule has 1 atom stereocenters. The van der Waals surface area contributed by atoms with Crippen molar-refractivity contribution in [1.82, 2.24) is 0 Å². The zero-order chi connectivity index (χ0) is 12.1. The topological polar surface area (TPSA) is 12.4 Å². The van der Waals surface area contributed by atoms with Crippen molar-refractivity contribution in [3.05, 3.63) is 11.3 Å². The molecule has 0 aromatic rings. The van der Waals surface area contributed by atoms with Gasteiger partial charge >= 0.3 is 0 Å². The first kappa shape index (κ1) is 13.0. The van der Waals surface area contributed by atoms with E-state index >= 15 is 0 Å². The van der Waals surface area contributed by atoms with Gasteiger partial charge in [-0.25, -0.2) is 4.99 Å². The van der Waals surface area contributed by atoms with Crippen LogP contribution < -0.4 is 0 Å². The summed E-state index contributed by atoms with van der Waals surface area (Å²) in [5.41, 5.74) is 3.35. The van der Waals surface area contributed by atoms with E-state index in [1.807, 2.05) is 0 Å². The van der Waals surface area contributed by atoms with Gasteiger partial charge in [-0.05, 0) is 50.5 Å². The first-order valence-electron chi connectivity index (χ1n) is 6.32. The monoisotopic (exact) mass is 217 g/mol. The van der Waals surface area contributed by atoms with Crippen LogP contribution in [0.5, 0.6) is 0 Å². The third kappa shape index (κ3) is 3.52. The van der Waals surface area contributed by atoms with Crippen LogP contribution in [0.4, 0.5) is 0 Å². The molecule has 1 unspecified atom stereocenters. The Morgan fingerprint density at radius 2 is 2.06 bits per heavy atom. The second-order valence-corrected chi connectivity index (χ2v) is 4.89. The Morgan fingerprint density at radius 3 is 2.50 bits per heavy atom. The molecule has 0 N–H and O–H groups in total. The molecule has 0 heterocycles. The summed E-state index contributed by atoms with van der Waals surface area (Å²) < 4.78 is 0. The number of terminal acetylenes is 1. The summed E-state index contributed by atoms with van der Waals surface area (Å²) in [5.74, 6) is 4.00. The standard InChI is InChI=1S/C15H23N/c1-6-8-11(3)12(4)15(7-2)16-13(5)14-9-10-14/h2,11,14H,6,8-10H2,1,3-5H3/b15-12+,16-13?. The highest BCUT2D eigenvalue weighted by Crippen LogP contribution is 2.31. The van der Waals surface area contributed by atoms with Crippen molar-refractivity contribution < 1.29 is 0 Å². The number of hydrogen-bond donors (Lipinski definition) is 0. The van der Waals surface area contributed by atoms with Gasteiger partial charge in [-0.15, -0.1) is 6.42 Å². The first-order valence-corrected chi connectivity index (χ1v) is 6.32. The van der Waals surface area contributed by atoms with E-state index in [9.17, 15) is 0 Å². The van der Waals surface area contributed by atoms with Gasteiger partial charge in [0.05, 0.1) is 0 Å². The predicted octanol–water partition coefficient (Wildman–Crippen LogP) is 4.20. The summed E-state index contributed by atoms with van der Waals surface area (Å²) in [7, 11) is 0. The lowest BCUT2D eigenvalue weighted by Crippen LogP contribution is -2.01. The van der Waals surface area contributed by atoms with E-state index in [0.29, 0.717) is 11.8 Å². The molecule has 1 aliphatic rings. The molecular formula is C15H23N. The summed E-state index contributed by atoms with van der Waals surface area (Å²) >= 11 is 0. The Bertz CT molecular complexity index is 337. The lowest BCUT2D eigenvalue weighted by atomic mass is 9.96. The van der Waals surface area contributed by atoms with Crippen molar-refractivity contribution in [1.29, 1.82) is 0 Å². The summed E-state index contributed by atoms with van der Waals surface area (Å²) in [6.45, 7) is 8.67. The van der Waals surface area contributed by atoms with Gasteiger partial charge in [0.1, 0.15) is 5.70 Å². The van der Waals surface area contributed by atoms with Crippen LogP contribution in [-0.4, -0.2) is 5.71 Å². The molecule has 1 rings (SSSR count). The van der Waals surface area contributed by atoms with Gasteiger partial charge in [-0.2, -0.15) is 0 Å². The second kappa shape index (κ2) is 5.89. The lowest BCUT2D eigenvalue weighted by molar-refractivity contribution is 0.597. The molecule has 0 aromatic carbocycles. The van der Waals surface area contributed by atoms with E-state index in [0.717, 1.165) is 5.70 Å². The Hall–Kier alpha value is -1.03. The molecule has 0 saturated heterocycles. The Kier molecular flexibility index (Phi) is 4.80. The van der Waals surface area contributed by atoms with E-state index in [1.54, 1.807) is 0 Å². The molecule has 16 heavy (non-hydrogen) atoms. The van der Waals surface area contributed by atoms with Gasteiger partial charge in [-0.1, -0.05) is 26.2 Å². The van der Waals surface area contributed by atoms with E-state index < -0.39 is 0 Å². The molecule has 0 aliphatic heterocycles. The fourth-order valence-corrected chi connectivity index (χ4v) is 1.89. The largest absolute Gasteiger partial charge is 0.249 e. The van der Waals surface area contributed by atoms with Gasteiger partial charge in [-0.3, -0.25) is 0 Å². The maximum absolute atomic E-state index is 5.56. The molecule has 1 fully saturated rings. The maximum atomic E-state index is 5.56. The van der Waals surface area contributed by atoms with Gasteiger partial charge in [0, 0.05) is 5.71 Å². The fraction of sp³-hybridized carbons (Fsp3) is 0.667. The molecule has 0 aromatic heterocycles. The SMILES string of the molecule is C#C/C(N=C(C)C1CC1)=C(/C)C(C)CCC. The van der Waals surface area contributed by atoms with E-state index in [4.69, 9.17) is 6.42 Å². The average Bonchev–Trinajstić information content (AvgIpc) is 3.08. The Balaban J connectivity index is 2.82. The zero-order valence-electron chi connectivity index (χ0n) is 11.0. The van der Waals surface area contributed by atoms with Crippen LogP contribution in [0.25, 0.3) is 0 Å². The quantitative estimate of drug-likeness (QED) is 0.483. The van der Waals surface area contributed by atoms with Crippen molar-refractivity contribution in [3.63, 3.8) is 0 Å². The third-order valence-corrected chi connectivity index (χ3v) is 3.43. The molecule has 0 amide bonds. The molecule has 1 saturated carbocycles. The number of aliphatic imine (C=N–C) groups is 1. The highest BCUT2D eigenvalue weighted by atomic mass is 14.8. The molecular weight excluding hydrogens is 194 g/mol. The van der Waals surface area contributed by atoms with Crippen LogP contribution in [0.1, 0.15) is 53.4 Å². The van der Waals surface area contributed by atoms with Crippen LogP contribution in [0, 0.1) is 24.2 Å². The number of hydrogen-bond acceptors (Lipinski definition) is 1. The van der Waals surface area contributed by atoms with Gasteiger partial charge in [0.15, 0.2) is 0 Å². The van der Waals surface area contributed by atoms with Crippen LogP contribution in [0.3, 0.4) is 0 Å². The molecule has 88 valence electrons. The second-order valence-electron chi connectivity index (χ2n) is 4.89. The lowest BCUT2D eigenvalue weighted by Gasteiger charge is -2.12. The van der Waals surface area contributed by atoms with Crippen molar-refractivity contribution in [2.45, 2.75) is 53.4 Å². The summed E-state index contributed by atoms with van der Waals surface area (Å²) in [6.07, 6.45) is 10.5. The summed E-state index contributed by atoms with van der Waals surface area (Å²) in [5, 5.41) is 0. The normalized spacial score (nSPS) is 20.1. The van der Waals surface area contributed by atoms with Gasteiger partial charge in [0.2, 0.25) is 0 Å². The highest BCUT2D eigenvalue weighted by Gasteiger charge is 2.24. The van der Waals surface area contributed by atoms with Crippen LogP contribution >= 0.6 is 0 Å². The molecule has 0 spiro atoms. The minimum Gasteiger partial charge on any atom is -0.249 e. The Labute approximate surface area is 100 Å². The zero-order valence-corrected chi connectivity index (χ0v) is 11.0. The summed E-state index contributed by atoms with van der Waals surface area (Å²) in [6, 6.07) is 0. The van der Waals surface area contributed by atoms with Crippen molar-refractivity contribution >= 4 is 5.71 Å². The number of nitrogens with zero attached hydrogens (tertiary/aromatic N) is 1. The minimum absolute atomic E-state index is 0.548. The van der Waals surface area contributed by atoms with E-state index in [2.05, 4.69) is 38.6 Å². The van der Waals surface area contributed by atoms with Crippen molar-refractivity contribution in [3.8, 4) is 12.3 Å². The smallest absolute Gasteiger partial charge is 0.111 e. The maximum Gasteiger partial charge on any atom is 0.111 e. The van der Waals surface area contributed by atoms with Crippen molar-refractivity contribution in [2.24, 2.45) is 16.8 Å². The summed E-state index contributed by atoms with van der Waals surface area (Å²) in [4.78, 5) is 4.62. The fourth-order valence-electron chi connectivity index (χ4n) is 1.89. The van der Waals surface area contributed by atoms with Crippen LogP contribution in [-0.2, 0) is 0 Å². The Morgan fingerprint density at radius 1 is 1.44 bits per heavy atom. The molecule has 1 aliphatic carbocycles. The van der Waals surface area contributed by atoms with Crippen LogP contribution in [0.15, 0.2) is 16.3 Å². The highest BCUT2D eigenvalue weighted by molar-refractivity contribution is 5.87. The molecule has 1 heteroatoms.